The van der Waals surface area contributed by atoms with E-state index in [1.54, 1.807) is 0 Å². The van der Waals surface area contributed by atoms with Crippen LogP contribution in [0.25, 0.3) is 0 Å². The first-order chi connectivity index (χ1) is 5.72. The Morgan fingerprint density at radius 1 is 1.75 bits per heavy atom. The monoisotopic (exact) mass is 175 g/mol. The minimum absolute atomic E-state index is 0.0158. The number of carboxylic acid groups (broad SMARTS) is 1. The van der Waals surface area contributed by atoms with Gasteiger partial charge in [0.15, 0.2) is 0 Å². The van der Waals surface area contributed by atoms with Crippen LogP contribution < -0.4 is 5.32 Å². The van der Waals surface area contributed by atoms with Crippen LogP contribution in [0.2, 0.25) is 0 Å². The molecule has 0 heterocycles. The number of ether oxygens (including phenoxy) is 1. The van der Waals surface area contributed by atoms with Crippen molar-refractivity contribution in [2.75, 3.05) is 13.2 Å². The minimum atomic E-state index is -1.08. The van der Waals surface area contributed by atoms with Gasteiger partial charge in [0.25, 0.3) is 0 Å². The Labute approximate surface area is 70.7 Å². The average molecular weight is 175 g/mol. The summed E-state index contributed by atoms with van der Waals surface area (Å²) in [5.41, 5.74) is 0. The maximum atomic E-state index is 10.4. The number of carbonyl (C=O) groups is 2. The van der Waals surface area contributed by atoms with Crippen molar-refractivity contribution in [3.8, 4) is 0 Å². The molecule has 0 aliphatic rings. The van der Waals surface area contributed by atoms with E-state index in [2.05, 4.69) is 5.32 Å². The predicted octanol–water partition coefficient (Wildman–Crippen LogP) is -0.388. The zero-order valence-electron chi connectivity index (χ0n) is 6.95. The summed E-state index contributed by atoms with van der Waals surface area (Å²) in [5, 5.41) is 10.6. The van der Waals surface area contributed by atoms with Crippen molar-refractivity contribution in [2.45, 2.75) is 19.4 Å². The summed E-state index contributed by atoms with van der Waals surface area (Å²) in [7, 11) is 0. The van der Waals surface area contributed by atoms with Crippen LogP contribution in [0.1, 0.15) is 13.3 Å². The highest BCUT2D eigenvalue weighted by Crippen LogP contribution is 1.87. The molecule has 0 spiro atoms. The SMILES string of the molecule is CCCOCC(NC=O)C(=O)O. The first-order valence-corrected chi connectivity index (χ1v) is 3.72. The van der Waals surface area contributed by atoms with Crippen LogP contribution in [-0.4, -0.2) is 36.7 Å². The van der Waals surface area contributed by atoms with Crippen LogP contribution in [0.3, 0.4) is 0 Å². The Hall–Kier alpha value is -1.10. The first kappa shape index (κ1) is 10.9. The lowest BCUT2D eigenvalue weighted by Crippen LogP contribution is -2.39. The second-order valence-electron chi connectivity index (χ2n) is 2.25. The third kappa shape index (κ3) is 4.68. The first-order valence-electron chi connectivity index (χ1n) is 3.72. The molecule has 12 heavy (non-hydrogen) atoms. The number of carbonyl (C=O) groups excluding carboxylic acids is 1. The molecule has 0 rings (SSSR count). The van der Waals surface area contributed by atoms with Gasteiger partial charge in [-0.15, -0.1) is 0 Å². The Morgan fingerprint density at radius 2 is 2.42 bits per heavy atom. The van der Waals surface area contributed by atoms with Gasteiger partial charge in [0, 0.05) is 6.61 Å². The zero-order valence-corrected chi connectivity index (χ0v) is 6.95. The Morgan fingerprint density at radius 3 is 2.83 bits per heavy atom. The van der Waals surface area contributed by atoms with Crippen LogP contribution in [0.5, 0.6) is 0 Å². The topological polar surface area (TPSA) is 75.6 Å². The molecule has 0 aromatic rings. The summed E-state index contributed by atoms with van der Waals surface area (Å²) in [4.78, 5) is 20.3. The largest absolute Gasteiger partial charge is 0.480 e. The fourth-order valence-electron chi connectivity index (χ4n) is 0.618. The molecule has 0 fully saturated rings. The number of aliphatic carboxylic acids is 1. The summed E-state index contributed by atoms with van der Waals surface area (Å²) < 4.78 is 4.96. The van der Waals surface area contributed by atoms with E-state index < -0.39 is 12.0 Å². The van der Waals surface area contributed by atoms with E-state index in [0.29, 0.717) is 13.0 Å². The highest BCUT2D eigenvalue weighted by Gasteiger charge is 2.15. The van der Waals surface area contributed by atoms with Crippen LogP contribution in [0.15, 0.2) is 0 Å². The summed E-state index contributed by atoms with van der Waals surface area (Å²) in [5.74, 6) is -1.08. The lowest BCUT2D eigenvalue weighted by Gasteiger charge is -2.10. The molecule has 0 aromatic carbocycles. The van der Waals surface area contributed by atoms with Crippen LogP contribution in [0, 0.1) is 0 Å². The van der Waals surface area contributed by atoms with Crippen LogP contribution >= 0.6 is 0 Å². The molecule has 1 unspecified atom stereocenters. The minimum Gasteiger partial charge on any atom is -0.480 e. The average Bonchev–Trinajstić information content (AvgIpc) is 2.03. The van der Waals surface area contributed by atoms with Crippen molar-refractivity contribution >= 4 is 12.4 Å². The van der Waals surface area contributed by atoms with Gasteiger partial charge in [0.05, 0.1) is 6.61 Å². The number of hydrogen-bond acceptors (Lipinski definition) is 3. The van der Waals surface area contributed by atoms with E-state index in [-0.39, 0.29) is 6.61 Å². The molecule has 1 amide bonds. The van der Waals surface area contributed by atoms with Crippen molar-refractivity contribution < 1.29 is 19.4 Å². The van der Waals surface area contributed by atoms with Gasteiger partial charge in [-0.2, -0.15) is 0 Å². The van der Waals surface area contributed by atoms with Gasteiger partial charge in [-0.25, -0.2) is 4.79 Å². The quantitative estimate of drug-likeness (QED) is 0.408. The van der Waals surface area contributed by atoms with Crippen molar-refractivity contribution in [1.29, 1.82) is 0 Å². The van der Waals surface area contributed by atoms with E-state index in [0.717, 1.165) is 6.42 Å². The third-order valence-electron chi connectivity index (χ3n) is 1.20. The number of rotatable bonds is 7. The Bertz CT molecular complexity index is 148. The fraction of sp³-hybridized carbons (Fsp3) is 0.714. The highest BCUT2D eigenvalue weighted by atomic mass is 16.5. The molecule has 0 aliphatic heterocycles. The van der Waals surface area contributed by atoms with Gasteiger partial charge in [0.1, 0.15) is 6.04 Å². The van der Waals surface area contributed by atoms with Gasteiger partial charge < -0.3 is 15.2 Å². The molecule has 5 heteroatoms. The van der Waals surface area contributed by atoms with Crippen molar-refractivity contribution in [1.82, 2.24) is 5.32 Å². The molecule has 70 valence electrons. The second kappa shape index (κ2) is 6.60. The summed E-state index contributed by atoms with van der Waals surface area (Å²) >= 11 is 0. The van der Waals surface area contributed by atoms with Crippen molar-refractivity contribution in [2.24, 2.45) is 0 Å². The van der Waals surface area contributed by atoms with E-state index >= 15 is 0 Å². The molecule has 0 saturated heterocycles. The molecule has 5 nitrogen and oxygen atoms in total. The van der Waals surface area contributed by atoms with Crippen molar-refractivity contribution in [3.63, 3.8) is 0 Å². The molecule has 1 atom stereocenters. The lowest BCUT2D eigenvalue weighted by atomic mass is 10.3. The fourth-order valence-corrected chi connectivity index (χ4v) is 0.618. The van der Waals surface area contributed by atoms with E-state index in [1.165, 1.54) is 0 Å². The molecule has 0 bridgehead atoms. The molecular weight excluding hydrogens is 162 g/mol. The van der Waals surface area contributed by atoms with Gasteiger partial charge in [-0.1, -0.05) is 6.92 Å². The number of carboxylic acids is 1. The van der Waals surface area contributed by atoms with Crippen LogP contribution in [-0.2, 0) is 14.3 Å². The molecule has 0 saturated carbocycles. The predicted molar refractivity (Wildman–Crippen MR) is 41.7 cm³/mol. The number of amides is 1. The molecule has 2 N–H and O–H groups in total. The maximum absolute atomic E-state index is 10.4. The Balaban J connectivity index is 3.63. The summed E-state index contributed by atoms with van der Waals surface area (Å²) in [6.07, 6.45) is 1.18. The standard InChI is InChI=1S/C7H13NO4/c1-2-3-12-4-6(7(10)11)8-5-9/h5-6H,2-4H2,1H3,(H,8,9)(H,10,11). The normalized spacial score (nSPS) is 12.1. The van der Waals surface area contributed by atoms with Gasteiger partial charge in [-0.3, -0.25) is 4.79 Å². The van der Waals surface area contributed by atoms with Crippen LogP contribution in [0.4, 0.5) is 0 Å². The van der Waals surface area contributed by atoms with E-state index in [9.17, 15) is 9.59 Å². The highest BCUT2D eigenvalue weighted by molar-refractivity contribution is 5.76. The second-order valence-corrected chi connectivity index (χ2v) is 2.25. The van der Waals surface area contributed by atoms with E-state index in [4.69, 9.17) is 9.84 Å². The summed E-state index contributed by atoms with van der Waals surface area (Å²) in [6.45, 7) is 2.44. The molecular formula is C7H13NO4. The van der Waals surface area contributed by atoms with Crippen molar-refractivity contribution in [3.05, 3.63) is 0 Å². The van der Waals surface area contributed by atoms with Gasteiger partial charge in [0.2, 0.25) is 6.41 Å². The molecule has 0 aromatic heterocycles. The zero-order chi connectivity index (χ0) is 9.40. The summed E-state index contributed by atoms with van der Waals surface area (Å²) in [6, 6.07) is -0.936. The third-order valence-corrected chi connectivity index (χ3v) is 1.20. The number of nitrogens with one attached hydrogen (secondary N) is 1. The lowest BCUT2D eigenvalue weighted by molar-refractivity contribution is -0.142. The maximum Gasteiger partial charge on any atom is 0.328 e. The van der Waals surface area contributed by atoms with E-state index in [1.807, 2.05) is 6.92 Å². The molecule has 0 radical (unpaired) electrons. The van der Waals surface area contributed by atoms with Gasteiger partial charge >= 0.3 is 5.97 Å². The smallest absolute Gasteiger partial charge is 0.328 e. The Kier molecular flexibility index (Phi) is 6.00. The number of hydrogen-bond donors (Lipinski definition) is 2. The van der Waals surface area contributed by atoms with Gasteiger partial charge in [-0.05, 0) is 6.42 Å². The molecule has 0 aliphatic carbocycles.